The second-order valence-corrected chi connectivity index (χ2v) is 9.08. The van der Waals surface area contributed by atoms with Crippen molar-refractivity contribution in [2.24, 2.45) is 0 Å². The lowest BCUT2D eigenvalue weighted by Gasteiger charge is -2.15. The standard InChI is InChI=1S/C25H25ClN2O4S/c1-15-8-9-17(26)14-20(15)28-24(29)16(2)33-19-12-10-18(11-13-19)27-25(30)23-21(31-3)6-5-7-22(23)32-4/h5-14,16H,1-4H3,(H,27,30)(H,28,29). The van der Waals surface area contributed by atoms with E-state index in [9.17, 15) is 9.59 Å². The van der Waals surface area contributed by atoms with E-state index in [1.807, 2.05) is 32.0 Å². The van der Waals surface area contributed by atoms with Crippen molar-refractivity contribution in [3.63, 3.8) is 0 Å². The number of nitrogens with one attached hydrogen (secondary N) is 2. The van der Waals surface area contributed by atoms with E-state index in [0.717, 1.165) is 10.5 Å². The average molecular weight is 485 g/mol. The van der Waals surface area contributed by atoms with Crippen LogP contribution in [-0.4, -0.2) is 31.3 Å². The number of hydrogen-bond donors (Lipinski definition) is 2. The summed E-state index contributed by atoms with van der Waals surface area (Å²) in [6.07, 6.45) is 0. The topological polar surface area (TPSA) is 76.7 Å². The van der Waals surface area contributed by atoms with Crippen LogP contribution in [0.25, 0.3) is 0 Å². The van der Waals surface area contributed by atoms with Crippen LogP contribution in [0, 0.1) is 6.92 Å². The van der Waals surface area contributed by atoms with Gasteiger partial charge in [-0.1, -0.05) is 23.7 Å². The van der Waals surface area contributed by atoms with Crippen LogP contribution < -0.4 is 20.1 Å². The summed E-state index contributed by atoms with van der Waals surface area (Å²) in [6.45, 7) is 3.75. The van der Waals surface area contributed by atoms with E-state index in [1.165, 1.54) is 26.0 Å². The number of hydrogen-bond acceptors (Lipinski definition) is 5. The maximum atomic E-state index is 12.8. The zero-order valence-corrected chi connectivity index (χ0v) is 20.3. The summed E-state index contributed by atoms with van der Waals surface area (Å²) >= 11 is 7.45. The molecule has 172 valence electrons. The summed E-state index contributed by atoms with van der Waals surface area (Å²) in [6, 6.07) is 17.8. The number of ether oxygens (including phenoxy) is 2. The Hall–Kier alpha value is -3.16. The van der Waals surface area contributed by atoms with Gasteiger partial charge in [0, 0.05) is 21.3 Å². The van der Waals surface area contributed by atoms with Crippen molar-refractivity contribution >= 4 is 46.6 Å². The third-order valence-corrected chi connectivity index (χ3v) is 6.25. The first kappa shape index (κ1) is 24.5. The summed E-state index contributed by atoms with van der Waals surface area (Å²) in [5.41, 5.74) is 2.58. The fraction of sp³-hybridized carbons (Fsp3) is 0.200. The zero-order chi connectivity index (χ0) is 24.0. The van der Waals surface area contributed by atoms with Gasteiger partial charge in [-0.2, -0.15) is 0 Å². The van der Waals surface area contributed by atoms with Crippen LogP contribution in [0.15, 0.2) is 65.6 Å². The van der Waals surface area contributed by atoms with E-state index in [0.29, 0.717) is 33.5 Å². The molecule has 1 unspecified atom stereocenters. The van der Waals surface area contributed by atoms with Crippen LogP contribution in [0.3, 0.4) is 0 Å². The van der Waals surface area contributed by atoms with Gasteiger partial charge in [0.05, 0.1) is 19.5 Å². The van der Waals surface area contributed by atoms with E-state index >= 15 is 0 Å². The highest BCUT2D eigenvalue weighted by molar-refractivity contribution is 8.00. The molecule has 0 aromatic heterocycles. The molecule has 3 aromatic carbocycles. The van der Waals surface area contributed by atoms with Crippen LogP contribution in [0.4, 0.5) is 11.4 Å². The van der Waals surface area contributed by atoms with Crippen molar-refractivity contribution in [3.05, 3.63) is 76.8 Å². The smallest absolute Gasteiger partial charge is 0.263 e. The van der Waals surface area contributed by atoms with Crippen molar-refractivity contribution in [2.45, 2.75) is 24.0 Å². The van der Waals surface area contributed by atoms with Crippen LogP contribution in [0.2, 0.25) is 5.02 Å². The van der Waals surface area contributed by atoms with E-state index in [1.54, 1.807) is 42.5 Å². The molecule has 8 heteroatoms. The minimum absolute atomic E-state index is 0.119. The highest BCUT2D eigenvalue weighted by Gasteiger charge is 2.19. The van der Waals surface area contributed by atoms with Gasteiger partial charge in [-0.15, -0.1) is 11.8 Å². The molecule has 1 atom stereocenters. The molecule has 0 heterocycles. The number of anilines is 2. The molecule has 0 spiro atoms. The van der Waals surface area contributed by atoms with Gasteiger partial charge in [-0.05, 0) is 67.9 Å². The first-order chi connectivity index (χ1) is 15.8. The average Bonchev–Trinajstić information content (AvgIpc) is 2.81. The second-order valence-electron chi connectivity index (χ2n) is 7.22. The molecule has 2 amide bonds. The number of halogens is 1. The molecule has 3 rings (SSSR count). The maximum Gasteiger partial charge on any atom is 0.263 e. The number of amides is 2. The normalized spacial score (nSPS) is 11.4. The van der Waals surface area contributed by atoms with Gasteiger partial charge in [-0.3, -0.25) is 9.59 Å². The van der Waals surface area contributed by atoms with E-state index in [-0.39, 0.29) is 17.1 Å². The lowest BCUT2D eigenvalue weighted by atomic mass is 10.1. The highest BCUT2D eigenvalue weighted by Crippen LogP contribution is 2.30. The van der Waals surface area contributed by atoms with Gasteiger partial charge >= 0.3 is 0 Å². The van der Waals surface area contributed by atoms with Crippen molar-refractivity contribution in [1.29, 1.82) is 0 Å². The number of carbonyl (C=O) groups excluding carboxylic acids is 2. The monoisotopic (exact) mass is 484 g/mol. The Morgan fingerprint density at radius 2 is 1.58 bits per heavy atom. The SMILES string of the molecule is COc1cccc(OC)c1C(=O)Nc1ccc(SC(C)C(=O)Nc2cc(Cl)ccc2C)cc1. The largest absolute Gasteiger partial charge is 0.496 e. The molecular weight excluding hydrogens is 460 g/mol. The zero-order valence-electron chi connectivity index (χ0n) is 18.8. The molecule has 0 fully saturated rings. The molecule has 0 aliphatic rings. The Morgan fingerprint density at radius 1 is 0.939 bits per heavy atom. The first-order valence-corrected chi connectivity index (χ1v) is 11.4. The van der Waals surface area contributed by atoms with Gasteiger partial charge in [0.15, 0.2) is 0 Å². The summed E-state index contributed by atoms with van der Waals surface area (Å²) < 4.78 is 10.6. The van der Waals surface area contributed by atoms with E-state index in [4.69, 9.17) is 21.1 Å². The Kier molecular flexibility index (Phi) is 8.25. The molecule has 6 nitrogen and oxygen atoms in total. The van der Waals surface area contributed by atoms with E-state index < -0.39 is 0 Å². The van der Waals surface area contributed by atoms with Crippen molar-refractivity contribution in [3.8, 4) is 11.5 Å². The number of methoxy groups -OCH3 is 2. The molecule has 0 radical (unpaired) electrons. The van der Waals surface area contributed by atoms with E-state index in [2.05, 4.69) is 10.6 Å². The van der Waals surface area contributed by atoms with Gasteiger partial charge < -0.3 is 20.1 Å². The van der Waals surface area contributed by atoms with Crippen molar-refractivity contribution in [2.75, 3.05) is 24.9 Å². The molecule has 0 aliphatic heterocycles. The molecule has 33 heavy (non-hydrogen) atoms. The van der Waals surface area contributed by atoms with Gasteiger partial charge in [0.1, 0.15) is 17.1 Å². The fourth-order valence-electron chi connectivity index (χ4n) is 3.11. The molecule has 3 aromatic rings. The maximum absolute atomic E-state index is 12.8. The number of rotatable bonds is 8. The summed E-state index contributed by atoms with van der Waals surface area (Å²) in [5.74, 6) is 0.392. The summed E-state index contributed by atoms with van der Waals surface area (Å²) in [4.78, 5) is 26.3. The third kappa shape index (κ3) is 6.21. The number of aryl methyl sites for hydroxylation is 1. The third-order valence-electron chi connectivity index (χ3n) is 4.91. The predicted molar refractivity (Wildman–Crippen MR) is 134 cm³/mol. The Bertz CT molecular complexity index is 1130. The van der Waals surface area contributed by atoms with Crippen molar-refractivity contribution < 1.29 is 19.1 Å². The quantitative estimate of drug-likeness (QED) is 0.381. The van der Waals surface area contributed by atoms with Crippen LogP contribution in [0.5, 0.6) is 11.5 Å². The molecule has 2 N–H and O–H groups in total. The van der Waals surface area contributed by atoms with Crippen LogP contribution in [-0.2, 0) is 4.79 Å². The van der Waals surface area contributed by atoms with Crippen LogP contribution in [0.1, 0.15) is 22.8 Å². The summed E-state index contributed by atoms with van der Waals surface area (Å²) in [7, 11) is 3.01. The lowest BCUT2D eigenvalue weighted by molar-refractivity contribution is -0.115. The van der Waals surface area contributed by atoms with Gasteiger partial charge in [0.2, 0.25) is 5.91 Å². The van der Waals surface area contributed by atoms with Gasteiger partial charge in [-0.25, -0.2) is 0 Å². The predicted octanol–water partition coefficient (Wildman–Crippen LogP) is 6.04. The Labute approximate surface area is 202 Å². The Balaban J connectivity index is 1.64. The molecule has 0 bridgehead atoms. The Morgan fingerprint density at radius 3 is 2.18 bits per heavy atom. The minimum atomic E-state index is -0.339. The molecular formula is C25H25ClN2O4S. The molecule has 0 saturated carbocycles. The molecule has 0 aliphatic carbocycles. The fourth-order valence-corrected chi connectivity index (χ4v) is 4.15. The number of thioether (sulfide) groups is 1. The second kappa shape index (κ2) is 11.1. The molecule has 0 saturated heterocycles. The van der Waals surface area contributed by atoms with Crippen LogP contribution >= 0.6 is 23.4 Å². The van der Waals surface area contributed by atoms with Gasteiger partial charge in [0.25, 0.3) is 5.91 Å². The number of benzene rings is 3. The first-order valence-electron chi connectivity index (χ1n) is 10.2. The number of carbonyl (C=O) groups is 2. The summed E-state index contributed by atoms with van der Waals surface area (Å²) in [5, 5.41) is 6.02. The lowest BCUT2D eigenvalue weighted by Crippen LogP contribution is -2.22. The highest BCUT2D eigenvalue weighted by atomic mass is 35.5. The minimum Gasteiger partial charge on any atom is -0.496 e. The van der Waals surface area contributed by atoms with Crippen molar-refractivity contribution in [1.82, 2.24) is 0 Å².